The number of benzene rings is 2. The minimum atomic E-state index is -0.867. The van der Waals surface area contributed by atoms with Crippen LogP contribution in [0.4, 0.5) is 0 Å². The smallest absolute Gasteiger partial charge is 0.229 e. The summed E-state index contributed by atoms with van der Waals surface area (Å²) in [4.78, 5) is 26.9. The fourth-order valence-corrected chi connectivity index (χ4v) is 11.5. The number of rotatable bonds is 4. The average Bonchev–Trinajstić information content (AvgIpc) is 3.56. The van der Waals surface area contributed by atoms with Crippen LogP contribution in [0.15, 0.2) is 36.4 Å². The molecule has 10 atom stereocenters. The zero-order valence-corrected chi connectivity index (χ0v) is 20.4. The molecule has 0 unspecified atom stereocenters. The molecular weight excluding hydrogens is 471 g/mol. The van der Waals surface area contributed by atoms with E-state index in [1.807, 2.05) is 12.1 Å². The van der Waals surface area contributed by atoms with E-state index in [0.29, 0.717) is 11.8 Å². The summed E-state index contributed by atoms with van der Waals surface area (Å²) < 4.78 is 12.1. The van der Waals surface area contributed by atoms with Crippen LogP contribution >= 0.6 is 23.2 Å². The van der Waals surface area contributed by atoms with E-state index in [1.54, 1.807) is 14.2 Å². The second kappa shape index (κ2) is 6.02. The summed E-state index contributed by atoms with van der Waals surface area (Å²) in [5.41, 5.74) is 0.570. The van der Waals surface area contributed by atoms with Crippen molar-refractivity contribution in [2.75, 3.05) is 14.2 Å². The maximum atomic E-state index is 13.4. The Balaban J connectivity index is 1.42. The van der Waals surface area contributed by atoms with Crippen molar-refractivity contribution >= 4 is 44.5 Å². The summed E-state index contributed by atoms with van der Waals surface area (Å²) in [6, 6.07) is 8.15. The van der Waals surface area contributed by atoms with Gasteiger partial charge in [-0.2, -0.15) is 0 Å². The number of carbonyl (C=O) groups excluding carboxylic acids is 2. The fraction of sp³-hybridized carbons (Fsp3) is 0.500. The lowest BCUT2D eigenvalue weighted by Gasteiger charge is -2.81. The second-order valence-corrected chi connectivity index (χ2v) is 11.9. The number of allylic oxidation sites excluding steroid dienone is 2. The van der Waals surface area contributed by atoms with Gasteiger partial charge in [0.25, 0.3) is 0 Å². The third kappa shape index (κ3) is 1.66. The molecule has 34 heavy (non-hydrogen) atoms. The number of halogens is 2. The topological polar surface area (TPSA) is 52.6 Å². The predicted molar refractivity (Wildman–Crippen MR) is 128 cm³/mol. The number of hydrogen-bond donors (Lipinski definition) is 0. The van der Waals surface area contributed by atoms with Gasteiger partial charge in [-0.05, 0) is 83.4 Å². The van der Waals surface area contributed by atoms with E-state index in [0.717, 1.165) is 46.2 Å². The van der Waals surface area contributed by atoms with Crippen molar-refractivity contribution in [2.45, 2.75) is 24.7 Å². The van der Waals surface area contributed by atoms with E-state index in [4.69, 9.17) is 32.7 Å². The molecule has 0 heterocycles. The van der Waals surface area contributed by atoms with Crippen molar-refractivity contribution in [1.29, 1.82) is 0 Å². The van der Waals surface area contributed by atoms with E-state index in [-0.39, 0.29) is 46.0 Å². The van der Waals surface area contributed by atoms with Crippen molar-refractivity contribution in [2.24, 2.45) is 46.3 Å². The van der Waals surface area contributed by atoms with Crippen LogP contribution in [-0.4, -0.2) is 24.7 Å². The second-order valence-electron chi connectivity index (χ2n) is 11.2. The Morgan fingerprint density at radius 2 is 1.21 bits per heavy atom. The number of fused-ring (bicyclic) bond motifs is 19. The largest absolute Gasteiger partial charge is 0.496 e. The van der Waals surface area contributed by atoms with Gasteiger partial charge in [0.1, 0.15) is 11.5 Å². The van der Waals surface area contributed by atoms with Crippen LogP contribution in [0.25, 0.3) is 10.8 Å². The highest BCUT2D eigenvalue weighted by Gasteiger charge is 2.96. The first kappa shape index (κ1) is 20.2. The van der Waals surface area contributed by atoms with Crippen LogP contribution in [-0.2, 0) is 9.59 Å². The van der Waals surface area contributed by atoms with E-state index >= 15 is 0 Å². The van der Waals surface area contributed by atoms with E-state index in [9.17, 15) is 9.59 Å². The minimum Gasteiger partial charge on any atom is -0.496 e. The quantitative estimate of drug-likeness (QED) is 0.313. The summed E-state index contributed by atoms with van der Waals surface area (Å²) in [6.45, 7) is 0. The van der Waals surface area contributed by atoms with Gasteiger partial charge in [0, 0.05) is 21.9 Å². The zero-order chi connectivity index (χ0) is 23.3. The normalized spacial score (nSPS) is 45.2. The summed E-state index contributed by atoms with van der Waals surface area (Å²) >= 11 is 13.1. The molecule has 4 fully saturated rings. The van der Waals surface area contributed by atoms with Gasteiger partial charge < -0.3 is 9.47 Å². The number of carbonyl (C=O) groups is 2. The van der Waals surface area contributed by atoms with Crippen LogP contribution in [0.5, 0.6) is 11.5 Å². The molecule has 4 nitrogen and oxygen atoms in total. The van der Waals surface area contributed by atoms with Gasteiger partial charge in [0.05, 0.1) is 25.0 Å². The third-order valence-electron chi connectivity index (χ3n) is 11.0. The van der Waals surface area contributed by atoms with Gasteiger partial charge in [0.2, 0.25) is 10.5 Å². The van der Waals surface area contributed by atoms with Gasteiger partial charge in [-0.15, -0.1) is 0 Å². The maximum Gasteiger partial charge on any atom is 0.229 e. The molecule has 4 saturated carbocycles. The van der Waals surface area contributed by atoms with Gasteiger partial charge in [0.15, 0.2) is 0 Å². The molecule has 0 radical (unpaired) electrons. The van der Waals surface area contributed by atoms with Crippen molar-refractivity contribution in [3.63, 3.8) is 0 Å². The minimum absolute atomic E-state index is 0.0199. The SMILES string of the molecule is COc1c2c(c(OC)c3ccccc13)[C@@H]1C[C@H]2[C@@H]2[C@H]1[C@@]1(C(=O)Cl)[C@H]3[C@H]([C@@H]4C=C[C@H]3C4)[C@@]21C(=O)Cl. The Morgan fingerprint density at radius 1 is 0.765 bits per heavy atom. The summed E-state index contributed by atoms with van der Waals surface area (Å²) in [5.74, 6) is 2.85. The molecule has 8 rings (SSSR count). The van der Waals surface area contributed by atoms with Crippen LogP contribution in [0.2, 0.25) is 0 Å². The Hall–Kier alpha value is -2.04. The van der Waals surface area contributed by atoms with Crippen molar-refractivity contribution in [1.82, 2.24) is 0 Å². The van der Waals surface area contributed by atoms with Crippen LogP contribution in [0.1, 0.15) is 35.8 Å². The first-order valence-electron chi connectivity index (χ1n) is 12.2. The highest BCUT2D eigenvalue weighted by molar-refractivity contribution is 6.69. The molecule has 174 valence electrons. The van der Waals surface area contributed by atoms with Crippen LogP contribution in [0, 0.1) is 46.3 Å². The molecule has 6 aliphatic carbocycles. The molecular formula is C28H24Cl2O4. The van der Waals surface area contributed by atoms with Crippen LogP contribution in [0.3, 0.4) is 0 Å². The number of hydrogen-bond acceptors (Lipinski definition) is 4. The van der Waals surface area contributed by atoms with E-state index < -0.39 is 10.8 Å². The van der Waals surface area contributed by atoms with Gasteiger partial charge in [-0.3, -0.25) is 9.59 Å². The first-order valence-corrected chi connectivity index (χ1v) is 13.0. The molecule has 0 saturated heterocycles. The molecule has 4 bridgehead atoms. The van der Waals surface area contributed by atoms with Gasteiger partial charge in [-0.25, -0.2) is 0 Å². The summed E-state index contributed by atoms with van der Waals surface area (Å²) in [5, 5.41) is 1.32. The lowest BCUT2D eigenvalue weighted by atomic mass is 9.19. The third-order valence-corrected chi connectivity index (χ3v) is 11.6. The summed E-state index contributed by atoms with van der Waals surface area (Å²) in [7, 11) is 3.43. The standard InChI is InChI=1S/C28H24Cl2O4/c1-33-23-13-5-3-4-6-14(13)24(34-2)18-16-10-15(17(18)23)21-22(16)28(26(30)32)20-12-8-7-11(9-12)19(20)27(21,28)25(29)31/h3-8,11-12,15-16,19-22H,9-10H2,1-2H3/t11-,12+,15-,16+,19+,20-,21-,22+,27+,28-. The average molecular weight is 495 g/mol. The first-order chi connectivity index (χ1) is 16.5. The van der Waals surface area contributed by atoms with Gasteiger partial charge in [-0.1, -0.05) is 36.4 Å². The monoisotopic (exact) mass is 494 g/mol. The maximum absolute atomic E-state index is 13.4. The van der Waals surface area contributed by atoms with Crippen LogP contribution < -0.4 is 9.47 Å². The van der Waals surface area contributed by atoms with Crippen molar-refractivity contribution < 1.29 is 19.1 Å². The predicted octanol–water partition coefficient (Wildman–Crippen LogP) is 5.64. The number of ether oxygens (including phenoxy) is 2. The highest BCUT2D eigenvalue weighted by atomic mass is 35.5. The molecule has 0 amide bonds. The Morgan fingerprint density at radius 3 is 1.59 bits per heavy atom. The molecule has 6 aliphatic rings. The molecule has 0 spiro atoms. The lowest BCUT2D eigenvalue weighted by Crippen LogP contribution is -2.85. The highest BCUT2D eigenvalue weighted by Crippen LogP contribution is 2.94. The molecule has 0 aliphatic heterocycles. The van der Waals surface area contributed by atoms with E-state index in [2.05, 4.69) is 24.3 Å². The van der Waals surface area contributed by atoms with E-state index in [1.165, 1.54) is 0 Å². The molecule has 2 aromatic carbocycles. The Kier molecular flexibility index (Phi) is 3.57. The fourth-order valence-electron chi connectivity index (χ4n) is 10.7. The van der Waals surface area contributed by atoms with Gasteiger partial charge >= 0.3 is 0 Å². The Bertz CT molecular complexity index is 1280. The van der Waals surface area contributed by atoms with Crippen molar-refractivity contribution in [3.8, 4) is 11.5 Å². The number of methoxy groups -OCH3 is 2. The Labute approximate surface area is 207 Å². The van der Waals surface area contributed by atoms with Crippen molar-refractivity contribution in [3.05, 3.63) is 47.5 Å². The zero-order valence-electron chi connectivity index (χ0n) is 18.9. The molecule has 2 aromatic rings. The molecule has 6 heteroatoms. The lowest BCUT2D eigenvalue weighted by molar-refractivity contribution is -0.320. The molecule has 0 N–H and O–H groups in total. The summed E-state index contributed by atoms with van der Waals surface area (Å²) in [6.07, 6.45) is 6.39. The molecule has 0 aromatic heterocycles.